The molecule has 1 aliphatic heterocycles. The van der Waals surface area contributed by atoms with E-state index in [9.17, 15) is 14.9 Å². The van der Waals surface area contributed by atoms with Crippen LogP contribution in [0, 0.1) is 10.1 Å². The summed E-state index contributed by atoms with van der Waals surface area (Å²) in [5.41, 5.74) is 3.28. The summed E-state index contributed by atoms with van der Waals surface area (Å²) in [5.74, 6) is 0.729. The Labute approximate surface area is 199 Å². The van der Waals surface area contributed by atoms with Crippen molar-refractivity contribution < 1.29 is 14.1 Å². The van der Waals surface area contributed by atoms with E-state index in [0.717, 1.165) is 5.69 Å². The van der Waals surface area contributed by atoms with Crippen molar-refractivity contribution in [3.05, 3.63) is 87.9 Å². The minimum atomic E-state index is -0.393. The van der Waals surface area contributed by atoms with Crippen LogP contribution < -0.4 is 10.2 Å². The number of piperazine rings is 1. The van der Waals surface area contributed by atoms with Gasteiger partial charge < -0.3 is 19.5 Å². The summed E-state index contributed by atoms with van der Waals surface area (Å²) in [6, 6.07) is 16.5. The molecular formula is C26H30N4O4. The van der Waals surface area contributed by atoms with Gasteiger partial charge in [-0.05, 0) is 47.4 Å². The molecule has 2 aromatic carbocycles. The van der Waals surface area contributed by atoms with E-state index in [1.165, 1.54) is 11.6 Å². The average Bonchev–Trinajstić information content (AvgIpc) is 3.35. The first-order valence-electron chi connectivity index (χ1n) is 11.4. The van der Waals surface area contributed by atoms with Crippen molar-refractivity contribution >= 4 is 23.0 Å². The van der Waals surface area contributed by atoms with Gasteiger partial charge in [-0.1, -0.05) is 32.9 Å². The van der Waals surface area contributed by atoms with Crippen LogP contribution in [0.15, 0.2) is 65.3 Å². The molecule has 178 valence electrons. The third-order valence-corrected chi connectivity index (χ3v) is 6.14. The molecule has 0 unspecified atom stereocenters. The van der Waals surface area contributed by atoms with Crippen LogP contribution in [0.2, 0.25) is 0 Å². The molecule has 1 aliphatic rings. The van der Waals surface area contributed by atoms with Crippen molar-refractivity contribution in [3.63, 3.8) is 0 Å². The third-order valence-electron chi connectivity index (χ3n) is 6.14. The topological polar surface area (TPSA) is 91.9 Å². The second-order valence-corrected chi connectivity index (χ2v) is 9.50. The fraction of sp³-hybridized carbons (Fsp3) is 0.346. The van der Waals surface area contributed by atoms with Crippen LogP contribution in [-0.4, -0.2) is 41.9 Å². The number of carbonyl (C=O) groups is 1. The predicted molar refractivity (Wildman–Crippen MR) is 132 cm³/mol. The fourth-order valence-corrected chi connectivity index (χ4v) is 4.08. The van der Waals surface area contributed by atoms with Crippen LogP contribution in [0.5, 0.6) is 0 Å². The molecule has 0 radical (unpaired) electrons. The number of nitrogens with zero attached hydrogens (tertiary/aromatic N) is 3. The second-order valence-electron chi connectivity index (χ2n) is 9.50. The summed E-state index contributed by atoms with van der Waals surface area (Å²) in [4.78, 5) is 28.1. The van der Waals surface area contributed by atoms with Crippen LogP contribution in [0.1, 0.15) is 42.5 Å². The summed E-state index contributed by atoms with van der Waals surface area (Å²) < 4.78 is 5.32. The molecule has 1 fully saturated rings. The number of amides is 1. The Hall–Kier alpha value is -3.81. The van der Waals surface area contributed by atoms with Crippen molar-refractivity contribution in [1.29, 1.82) is 0 Å². The van der Waals surface area contributed by atoms with Gasteiger partial charge in [0.1, 0.15) is 11.4 Å². The number of carbonyl (C=O) groups excluding carboxylic acids is 1. The molecule has 34 heavy (non-hydrogen) atoms. The molecule has 4 rings (SSSR count). The number of nitro benzene ring substituents is 1. The number of anilines is 2. The molecule has 8 nitrogen and oxygen atoms in total. The zero-order valence-corrected chi connectivity index (χ0v) is 19.8. The molecule has 0 atom stereocenters. The highest BCUT2D eigenvalue weighted by atomic mass is 16.6. The minimum absolute atomic E-state index is 0.0165. The van der Waals surface area contributed by atoms with Gasteiger partial charge in [0.15, 0.2) is 0 Å². The highest BCUT2D eigenvalue weighted by Gasteiger charge is 2.24. The van der Waals surface area contributed by atoms with E-state index in [4.69, 9.17) is 4.42 Å². The normalized spacial score (nSPS) is 14.2. The van der Waals surface area contributed by atoms with Crippen LogP contribution in [-0.2, 0) is 12.0 Å². The maximum Gasteiger partial charge on any atom is 0.292 e. The molecule has 1 N–H and O–H groups in total. The molecular weight excluding hydrogens is 432 g/mol. The zero-order valence-electron chi connectivity index (χ0n) is 19.8. The molecule has 1 saturated heterocycles. The molecule has 3 aromatic rings. The van der Waals surface area contributed by atoms with Crippen molar-refractivity contribution in [3.8, 4) is 0 Å². The number of rotatable bonds is 6. The van der Waals surface area contributed by atoms with Crippen molar-refractivity contribution in [2.24, 2.45) is 0 Å². The first kappa shape index (κ1) is 23.4. The van der Waals surface area contributed by atoms with E-state index in [1.54, 1.807) is 24.5 Å². The predicted octanol–water partition coefficient (Wildman–Crippen LogP) is 5.06. The summed E-state index contributed by atoms with van der Waals surface area (Å²) in [5, 5.41) is 14.6. The average molecular weight is 463 g/mol. The van der Waals surface area contributed by atoms with Gasteiger partial charge in [-0.15, -0.1) is 0 Å². The first-order chi connectivity index (χ1) is 16.2. The van der Waals surface area contributed by atoms with Gasteiger partial charge in [-0.25, -0.2) is 0 Å². The lowest BCUT2D eigenvalue weighted by atomic mass is 9.86. The highest BCUT2D eigenvalue weighted by molar-refractivity contribution is 5.94. The second kappa shape index (κ2) is 9.59. The van der Waals surface area contributed by atoms with E-state index >= 15 is 0 Å². The molecule has 1 amide bonds. The number of hydrogen-bond donors (Lipinski definition) is 1. The lowest BCUT2D eigenvalue weighted by Crippen LogP contribution is -2.48. The van der Waals surface area contributed by atoms with Crippen LogP contribution in [0.25, 0.3) is 0 Å². The largest absolute Gasteiger partial charge is 0.467 e. The van der Waals surface area contributed by atoms with Gasteiger partial charge in [-0.2, -0.15) is 0 Å². The molecule has 0 aliphatic carbocycles. The zero-order chi connectivity index (χ0) is 24.3. The third kappa shape index (κ3) is 5.22. The number of nitro groups is 1. The summed E-state index contributed by atoms with van der Waals surface area (Å²) in [6.45, 7) is 9.30. The van der Waals surface area contributed by atoms with Gasteiger partial charge in [0.2, 0.25) is 0 Å². The SMILES string of the molecule is CC(C)(C)c1ccc(C(=O)N2CCN(c3ccc([N+](=O)[O-])c(NCc4ccco4)c3)CC2)cc1. The Morgan fingerprint density at radius 1 is 1.06 bits per heavy atom. The van der Waals surface area contributed by atoms with Gasteiger partial charge >= 0.3 is 0 Å². The summed E-state index contributed by atoms with van der Waals surface area (Å²) in [7, 11) is 0. The van der Waals surface area contributed by atoms with Crippen molar-refractivity contribution in [1.82, 2.24) is 4.90 Å². The number of furan rings is 1. The van der Waals surface area contributed by atoms with Gasteiger partial charge in [0.25, 0.3) is 11.6 Å². The molecule has 0 spiro atoms. The molecule has 1 aromatic heterocycles. The Bertz CT molecular complexity index is 1140. The maximum absolute atomic E-state index is 13.0. The van der Waals surface area contributed by atoms with Crippen molar-refractivity contribution in [2.45, 2.75) is 32.7 Å². The minimum Gasteiger partial charge on any atom is -0.467 e. The first-order valence-corrected chi connectivity index (χ1v) is 11.4. The Morgan fingerprint density at radius 2 is 1.76 bits per heavy atom. The monoisotopic (exact) mass is 462 g/mol. The Morgan fingerprint density at radius 3 is 2.35 bits per heavy atom. The standard InChI is InChI=1S/C26H30N4O4/c1-26(2,3)20-8-6-19(7-9-20)25(31)29-14-12-28(13-15-29)21-10-11-24(30(32)33)23(17-21)27-18-22-5-4-16-34-22/h4-11,16-17,27H,12-15,18H2,1-3H3. The summed E-state index contributed by atoms with van der Waals surface area (Å²) in [6.07, 6.45) is 1.57. The van der Waals surface area contributed by atoms with Crippen LogP contribution in [0.4, 0.5) is 17.1 Å². The highest BCUT2D eigenvalue weighted by Crippen LogP contribution is 2.31. The Kier molecular flexibility index (Phi) is 6.58. The van der Waals surface area contributed by atoms with Crippen LogP contribution >= 0.6 is 0 Å². The summed E-state index contributed by atoms with van der Waals surface area (Å²) >= 11 is 0. The fourth-order valence-electron chi connectivity index (χ4n) is 4.08. The number of nitrogens with one attached hydrogen (secondary N) is 1. The molecule has 0 bridgehead atoms. The lowest BCUT2D eigenvalue weighted by Gasteiger charge is -2.36. The van der Waals surface area contributed by atoms with E-state index in [-0.39, 0.29) is 17.0 Å². The lowest BCUT2D eigenvalue weighted by molar-refractivity contribution is -0.384. The van der Waals surface area contributed by atoms with Gasteiger partial charge in [-0.3, -0.25) is 14.9 Å². The van der Waals surface area contributed by atoms with Crippen molar-refractivity contribution in [2.75, 3.05) is 36.4 Å². The molecule has 2 heterocycles. The molecule has 0 saturated carbocycles. The van der Waals surface area contributed by atoms with Crippen LogP contribution in [0.3, 0.4) is 0 Å². The number of benzene rings is 2. The van der Waals surface area contributed by atoms with Gasteiger partial charge in [0, 0.05) is 43.5 Å². The Balaban J connectivity index is 1.41. The maximum atomic E-state index is 13.0. The van der Waals surface area contributed by atoms with E-state index in [1.807, 2.05) is 35.2 Å². The quantitative estimate of drug-likeness (QED) is 0.407. The smallest absolute Gasteiger partial charge is 0.292 e. The number of hydrogen-bond acceptors (Lipinski definition) is 6. The van der Waals surface area contributed by atoms with Gasteiger partial charge in [0.05, 0.1) is 17.7 Å². The molecule has 8 heteroatoms. The van der Waals surface area contributed by atoms with E-state index in [2.05, 4.69) is 31.0 Å². The van der Waals surface area contributed by atoms with E-state index < -0.39 is 4.92 Å². The van der Waals surface area contributed by atoms with E-state index in [0.29, 0.717) is 49.7 Å².